The van der Waals surface area contributed by atoms with Gasteiger partial charge in [0.15, 0.2) is 11.4 Å². The summed E-state index contributed by atoms with van der Waals surface area (Å²) in [7, 11) is 4.02. The van der Waals surface area contributed by atoms with Gasteiger partial charge in [-0.1, -0.05) is 38.1 Å². The summed E-state index contributed by atoms with van der Waals surface area (Å²) in [5, 5.41) is 2.07. The van der Waals surface area contributed by atoms with Crippen molar-refractivity contribution in [2.24, 2.45) is 0 Å². The van der Waals surface area contributed by atoms with Crippen LogP contribution in [0.5, 0.6) is 0 Å². The van der Waals surface area contributed by atoms with Crippen LogP contribution >= 0.6 is 0 Å². The van der Waals surface area contributed by atoms with Crippen LogP contribution in [-0.4, -0.2) is 25.0 Å². The van der Waals surface area contributed by atoms with E-state index in [2.05, 4.69) is 43.1 Å². The van der Waals surface area contributed by atoms with Crippen LogP contribution in [0.1, 0.15) is 47.3 Å². The fourth-order valence-electron chi connectivity index (χ4n) is 4.47. The van der Waals surface area contributed by atoms with Crippen molar-refractivity contribution in [2.45, 2.75) is 26.7 Å². The molecule has 0 saturated heterocycles. The van der Waals surface area contributed by atoms with Gasteiger partial charge >= 0.3 is 5.91 Å². The average Bonchev–Trinajstić information content (AvgIpc) is 3.05. The number of rotatable bonds is 3. The molecule has 4 rings (SSSR count). The molecule has 2 aliphatic rings. The van der Waals surface area contributed by atoms with E-state index in [9.17, 15) is 4.79 Å². The Morgan fingerprint density at radius 3 is 2.17 bits per heavy atom. The second-order valence-electron chi connectivity index (χ2n) is 6.68. The van der Waals surface area contributed by atoms with E-state index in [0.717, 1.165) is 35.4 Å². The Morgan fingerprint density at radius 1 is 0.875 bits per heavy atom. The van der Waals surface area contributed by atoms with Crippen molar-refractivity contribution in [1.29, 1.82) is 0 Å². The fraction of sp³-hybridized carbons (Fsp3) is 0.286. The average molecular weight is 319 g/mol. The number of para-hydroxylation sites is 1. The molecule has 1 amide bonds. The van der Waals surface area contributed by atoms with Crippen LogP contribution in [0.25, 0.3) is 11.3 Å². The van der Waals surface area contributed by atoms with Crippen molar-refractivity contribution in [3.05, 3.63) is 64.7 Å². The van der Waals surface area contributed by atoms with E-state index in [1.54, 1.807) is 0 Å². The summed E-state index contributed by atoms with van der Waals surface area (Å²) in [4.78, 5) is 13.6. The molecule has 0 N–H and O–H groups in total. The third-order valence-corrected chi connectivity index (χ3v) is 5.42. The normalized spacial score (nSPS) is 21.3. The molecule has 2 aliphatic heterocycles. The highest BCUT2D eigenvalue weighted by Crippen LogP contribution is 2.57. The molecule has 3 heteroatoms. The molecule has 24 heavy (non-hydrogen) atoms. The van der Waals surface area contributed by atoms with Gasteiger partial charge in [-0.05, 0) is 31.0 Å². The predicted molar refractivity (Wildman–Crippen MR) is 99.2 cm³/mol. The molecule has 2 aromatic carbocycles. The molecule has 122 valence electrons. The molecule has 0 bridgehead atoms. The lowest BCUT2D eigenvalue weighted by atomic mass is 9.96. The number of hydrogen-bond donors (Lipinski definition) is 0. The van der Waals surface area contributed by atoms with Crippen LogP contribution in [0.3, 0.4) is 0 Å². The Hall–Kier alpha value is -2.23. The van der Waals surface area contributed by atoms with Crippen LogP contribution in [-0.2, 0) is 6.42 Å². The number of carbonyl (C=O) groups is 1. The van der Waals surface area contributed by atoms with Gasteiger partial charge in [-0.3, -0.25) is 0 Å². The molecule has 1 atom stereocenters. The summed E-state index contributed by atoms with van der Waals surface area (Å²) in [5.74, 6) is 0.163. The first-order valence-corrected chi connectivity index (χ1v) is 8.66. The minimum atomic E-state index is 0.163. The van der Waals surface area contributed by atoms with E-state index < -0.39 is 0 Å². The lowest BCUT2D eigenvalue weighted by Crippen LogP contribution is -2.57. The molecule has 2 heterocycles. The third kappa shape index (κ3) is 1.56. The van der Waals surface area contributed by atoms with E-state index in [1.807, 2.05) is 32.3 Å². The topological polar surface area (TPSA) is 20.3 Å². The molecule has 3 nitrogen and oxygen atoms in total. The Bertz CT molecular complexity index is 894. The van der Waals surface area contributed by atoms with Crippen molar-refractivity contribution in [1.82, 2.24) is 9.60 Å². The van der Waals surface area contributed by atoms with Gasteiger partial charge in [0.1, 0.15) is 0 Å². The van der Waals surface area contributed by atoms with Gasteiger partial charge in [0.2, 0.25) is 0 Å². The van der Waals surface area contributed by atoms with E-state index in [-0.39, 0.29) is 10.5 Å². The van der Waals surface area contributed by atoms with Gasteiger partial charge in [0.05, 0.1) is 11.1 Å². The smallest absolute Gasteiger partial charge is 0.222 e. The Kier molecular flexibility index (Phi) is 3.27. The minimum absolute atomic E-state index is 0.163. The first kappa shape index (κ1) is 15.3. The predicted octanol–water partition coefficient (Wildman–Crippen LogP) is 4.48. The quantitative estimate of drug-likeness (QED) is 0.778. The van der Waals surface area contributed by atoms with E-state index in [0.29, 0.717) is 0 Å². The molecule has 0 fully saturated rings. The molecule has 0 saturated carbocycles. The monoisotopic (exact) mass is 319 g/mol. The number of nitrogens with zero attached hydrogens (tertiary/aromatic N) is 2. The maximum Gasteiger partial charge on any atom is 0.376 e. The van der Waals surface area contributed by atoms with E-state index >= 15 is 0 Å². The second kappa shape index (κ2) is 5.13. The van der Waals surface area contributed by atoms with E-state index in [4.69, 9.17) is 0 Å². The highest BCUT2D eigenvalue weighted by Gasteiger charge is 2.61. The van der Waals surface area contributed by atoms with Crippen LogP contribution in [0.15, 0.2) is 42.5 Å². The Morgan fingerprint density at radius 2 is 1.54 bits per heavy atom. The number of aryl methyl sites for hydroxylation is 1. The summed E-state index contributed by atoms with van der Waals surface area (Å²) < 4.78 is 0.210. The number of carbonyl (C=O) groups excluding carboxylic acids is 1. The standard InChI is InChI=1S/C21H23N2O/c1-5-14-10-9-13-16-15(6-2)20-17-11-7-8-12-18(17)21(24)23(20,19(14)16)22(3)4/h7-13H,5-6H2,1-4H3/q+1. The second-order valence-corrected chi connectivity index (χ2v) is 6.68. The Balaban J connectivity index is 2.19. The number of benzene rings is 2. The fourth-order valence-corrected chi connectivity index (χ4v) is 4.47. The summed E-state index contributed by atoms with van der Waals surface area (Å²) in [6, 6.07) is 14.5. The van der Waals surface area contributed by atoms with Gasteiger partial charge in [-0.25, -0.2) is 4.79 Å². The summed E-state index contributed by atoms with van der Waals surface area (Å²) in [6.45, 7) is 4.35. The summed E-state index contributed by atoms with van der Waals surface area (Å²) in [5.41, 5.74) is 8.02. The Labute approximate surface area is 143 Å². The lowest BCUT2D eigenvalue weighted by Gasteiger charge is -2.35. The molecule has 0 spiro atoms. The summed E-state index contributed by atoms with van der Waals surface area (Å²) >= 11 is 0. The molecule has 0 radical (unpaired) electrons. The molecular formula is C21H23N2O+. The molecule has 2 aromatic rings. The minimum Gasteiger partial charge on any atom is -0.222 e. The van der Waals surface area contributed by atoms with Crippen molar-refractivity contribution >= 4 is 22.9 Å². The molecule has 1 unspecified atom stereocenters. The summed E-state index contributed by atoms with van der Waals surface area (Å²) in [6.07, 6.45) is 1.84. The van der Waals surface area contributed by atoms with Gasteiger partial charge < -0.3 is 0 Å². The first-order chi connectivity index (χ1) is 11.6. The van der Waals surface area contributed by atoms with Crippen molar-refractivity contribution in [3.8, 4) is 0 Å². The molecular weight excluding hydrogens is 296 g/mol. The molecule has 0 aromatic heterocycles. The number of hydrogen-bond acceptors (Lipinski definition) is 2. The zero-order valence-corrected chi connectivity index (χ0v) is 14.8. The SMILES string of the molecule is CCC1=C2c3ccccc3C(=O)[N+]2(N(C)C)c2c(CC)cccc21. The van der Waals surface area contributed by atoms with E-state index in [1.165, 1.54) is 16.7 Å². The zero-order valence-electron chi connectivity index (χ0n) is 14.8. The maximum atomic E-state index is 13.6. The number of amides is 1. The van der Waals surface area contributed by atoms with Crippen molar-refractivity contribution in [3.63, 3.8) is 0 Å². The van der Waals surface area contributed by atoms with Crippen LogP contribution in [0.4, 0.5) is 5.69 Å². The first-order valence-electron chi connectivity index (χ1n) is 8.66. The van der Waals surface area contributed by atoms with Gasteiger partial charge in [-0.2, -0.15) is 0 Å². The highest BCUT2D eigenvalue weighted by atomic mass is 16.2. The molecule has 0 aliphatic carbocycles. The van der Waals surface area contributed by atoms with Gasteiger partial charge in [-0.15, -0.1) is 9.60 Å². The zero-order chi connectivity index (χ0) is 17.1. The van der Waals surface area contributed by atoms with Crippen molar-refractivity contribution < 1.29 is 4.79 Å². The van der Waals surface area contributed by atoms with Crippen LogP contribution in [0, 0.1) is 0 Å². The third-order valence-electron chi connectivity index (χ3n) is 5.42. The van der Waals surface area contributed by atoms with Crippen molar-refractivity contribution in [2.75, 3.05) is 14.1 Å². The number of quaternary nitrogens is 1. The largest absolute Gasteiger partial charge is 0.376 e. The number of fused-ring (bicyclic) bond motifs is 5. The maximum absolute atomic E-state index is 13.6. The van der Waals surface area contributed by atoms with Crippen LogP contribution in [0.2, 0.25) is 0 Å². The number of allylic oxidation sites excluding steroid dienone is 1. The van der Waals surface area contributed by atoms with Gasteiger partial charge in [0.25, 0.3) is 0 Å². The highest BCUT2D eigenvalue weighted by molar-refractivity contribution is 6.25. The lowest BCUT2D eigenvalue weighted by molar-refractivity contribution is 0.0544. The van der Waals surface area contributed by atoms with Gasteiger partial charge in [0, 0.05) is 30.8 Å². The van der Waals surface area contributed by atoms with Crippen LogP contribution < -0.4 is 4.59 Å².